The molecule has 0 saturated heterocycles. The molecule has 3 nitrogen and oxygen atoms in total. The number of rotatable bonds is 20. The van der Waals surface area contributed by atoms with Gasteiger partial charge in [-0.15, -0.1) is 0 Å². The summed E-state index contributed by atoms with van der Waals surface area (Å²) in [5, 5.41) is 20.7. The van der Waals surface area contributed by atoms with Crippen LogP contribution in [0.1, 0.15) is 167 Å². The van der Waals surface area contributed by atoms with Crippen molar-refractivity contribution in [1.82, 2.24) is 0 Å². The molecule has 0 fully saturated rings. The maximum absolute atomic E-state index is 12.0. The summed E-state index contributed by atoms with van der Waals surface area (Å²) in [5.41, 5.74) is 2.69. The highest BCUT2D eigenvalue weighted by Gasteiger charge is 2.24. The molecule has 0 saturated carbocycles. The predicted molar refractivity (Wildman–Crippen MR) is 155 cm³/mol. The molecule has 2 N–H and O–H groups in total. The molecule has 1 rings (SSSR count). The SMILES string of the molecule is CCCCCCCCCCCCCCCCCC(Cc1cc(C(C)C)c(O)c(C(C)(C)C)c1)C(=O)O. The van der Waals surface area contributed by atoms with E-state index in [-0.39, 0.29) is 17.3 Å². The van der Waals surface area contributed by atoms with Crippen LogP contribution in [0.2, 0.25) is 0 Å². The van der Waals surface area contributed by atoms with E-state index in [2.05, 4.69) is 41.5 Å². The zero-order valence-electron chi connectivity index (χ0n) is 24.6. The lowest BCUT2D eigenvalue weighted by molar-refractivity contribution is -0.142. The third kappa shape index (κ3) is 13.2. The molecule has 0 bridgehead atoms. The molecule has 0 aliphatic rings. The van der Waals surface area contributed by atoms with Crippen LogP contribution in [0.3, 0.4) is 0 Å². The number of aliphatic carboxylic acids is 1. The minimum Gasteiger partial charge on any atom is -0.507 e. The topological polar surface area (TPSA) is 57.5 Å². The molecular weight excluding hydrogens is 444 g/mol. The molecule has 0 amide bonds. The molecule has 1 aromatic carbocycles. The van der Waals surface area contributed by atoms with Crippen LogP contribution in [0.4, 0.5) is 0 Å². The van der Waals surface area contributed by atoms with E-state index < -0.39 is 5.97 Å². The number of phenols is 1. The van der Waals surface area contributed by atoms with Gasteiger partial charge in [0, 0.05) is 0 Å². The van der Waals surface area contributed by atoms with Gasteiger partial charge in [-0.2, -0.15) is 0 Å². The van der Waals surface area contributed by atoms with Crippen LogP contribution in [-0.2, 0) is 16.6 Å². The monoisotopic (exact) mass is 502 g/mol. The summed E-state index contributed by atoms with van der Waals surface area (Å²) in [4.78, 5) is 12.0. The minimum atomic E-state index is -0.697. The molecule has 1 atom stereocenters. The molecule has 0 radical (unpaired) electrons. The largest absolute Gasteiger partial charge is 0.507 e. The number of hydrogen-bond donors (Lipinski definition) is 2. The van der Waals surface area contributed by atoms with Crippen molar-refractivity contribution in [2.75, 3.05) is 0 Å². The van der Waals surface area contributed by atoms with E-state index in [9.17, 15) is 15.0 Å². The van der Waals surface area contributed by atoms with Crippen molar-refractivity contribution in [3.05, 3.63) is 28.8 Å². The van der Waals surface area contributed by atoms with E-state index in [0.29, 0.717) is 12.2 Å². The van der Waals surface area contributed by atoms with Crippen molar-refractivity contribution in [1.29, 1.82) is 0 Å². The Labute approximate surface area is 223 Å². The Morgan fingerprint density at radius 2 is 1.22 bits per heavy atom. The summed E-state index contributed by atoms with van der Waals surface area (Å²) in [6, 6.07) is 4.06. The van der Waals surface area contributed by atoms with Crippen LogP contribution in [0.5, 0.6) is 5.75 Å². The molecule has 0 heterocycles. The van der Waals surface area contributed by atoms with Gasteiger partial charge in [-0.3, -0.25) is 4.79 Å². The number of carboxylic acids is 1. The van der Waals surface area contributed by atoms with E-state index in [4.69, 9.17) is 0 Å². The number of aromatic hydroxyl groups is 1. The molecule has 1 aromatic rings. The Morgan fingerprint density at radius 1 is 0.778 bits per heavy atom. The van der Waals surface area contributed by atoms with Crippen LogP contribution < -0.4 is 0 Å². The first-order valence-corrected chi connectivity index (χ1v) is 15.2. The standard InChI is InChI=1S/C33H58O3/c1-7-8-9-10-11-12-13-14-15-16-17-18-19-20-21-22-28(32(35)36)23-27-24-29(26(2)3)31(34)30(25-27)33(4,5)6/h24-26,28,34H,7-23H2,1-6H3,(H,35,36). The zero-order valence-corrected chi connectivity index (χ0v) is 24.6. The van der Waals surface area contributed by atoms with Crippen LogP contribution >= 0.6 is 0 Å². The Bertz CT molecular complexity index is 729. The third-order valence-corrected chi connectivity index (χ3v) is 7.62. The highest BCUT2D eigenvalue weighted by atomic mass is 16.4. The summed E-state index contributed by atoms with van der Waals surface area (Å²) in [7, 11) is 0. The minimum absolute atomic E-state index is 0.184. The third-order valence-electron chi connectivity index (χ3n) is 7.62. The van der Waals surface area contributed by atoms with E-state index in [1.54, 1.807) is 0 Å². The van der Waals surface area contributed by atoms with Gasteiger partial charge in [0.2, 0.25) is 0 Å². The van der Waals surface area contributed by atoms with Crippen LogP contribution in [0.25, 0.3) is 0 Å². The second kappa shape index (κ2) is 17.9. The first-order chi connectivity index (χ1) is 17.1. The summed E-state index contributed by atoms with van der Waals surface area (Å²) in [5.74, 6) is -0.485. The quantitative estimate of drug-likeness (QED) is 0.174. The van der Waals surface area contributed by atoms with Crippen LogP contribution in [0, 0.1) is 5.92 Å². The van der Waals surface area contributed by atoms with Gasteiger partial charge in [-0.25, -0.2) is 0 Å². The van der Waals surface area contributed by atoms with Gasteiger partial charge in [-0.05, 0) is 40.9 Å². The lowest BCUT2D eigenvalue weighted by Crippen LogP contribution is -2.18. The normalized spacial score (nSPS) is 12.9. The fourth-order valence-corrected chi connectivity index (χ4v) is 5.21. The van der Waals surface area contributed by atoms with Crippen molar-refractivity contribution >= 4 is 5.97 Å². The fourth-order valence-electron chi connectivity index (χ4n) is 5.21. The first-order valence-electron chi connectivity index (χ1n) is 15.2. The lowest BCUT2D eigenvalue weighted by atomic mass is 9.81. The number of unbranched alkanes of at least 4 members (excludes halogenated alkanes) is 14. The lowest BCUT2D eigenvalue weighted by Gasteiger charge is -2.25. The van der Waals surface area contributed by atoms with Gasteiger partial charge in [0.05, 0.1) is 5.92 Å². The molecule has 3 heteroatoms. The van der Waals surface area contributed by atoms with Crippen molar-refractivity contribution < 1.29 is 15.0 Å². The average Bonchev–Trinajstić information content (AvgIpc) is 2.80. The molecule has 36 heavy (non-hydrogen) atoms. The van der Waals surface area contributed by atoms with E-state index in [1.807, 2.05) is 12.1 Å². The van der Waals surface area contributed by atoms with Crippen LogP contribution in [0.15, 0.2) is 12.1 Å². The van der Waals surface area contributed by atoms with Gasteiger partial charge in [0.25, 0.3) is 0 Å². The number of benzene rings is 1. The molecule has 208 valence electrons. The van der Waals surface area contributed by atoms with Gasteiger partial charge in [-0.1, -0.05) is 150 Å². The summed E-state index contributed by atoms with van der Waals surface area (Å²) in [6.45, 7) is 12.7. The van der Waals surface area contributed by atoms with Crippen molar-refractivity contribution in [2.45, 2.75) is 162 Å². The van der Waals surface area contributed by atoms with Crippen molar-refractivity contribution in [3.63, 3.8) is 0 Å². The number of phenolic OH excluding ortho intramolecular Hbond substituents is 1. The molecule has 0 spiro atoms. The summed E-state index contributed by atoms with van der Waals surface area (Å²) in [6.07, 6.45) is 21.1. The maximum atomic E-state index is 12.0. The smallest absolute Gasteiger partial charge is 0.306 e. The van der Waals surface area contributed by atoms with Crippen molar-refractivity contribution in [2.24, 2.45) is 5.92 Å². The molecule has 1 unspecified atom stereocenters. The van der Waals surface area contributed by atoms with Gasteiger partial charge < -0.3 is 10.2 Å². The molecule has 0 aliphatic carbocycles. The second-order valence-electron chi connectivity index (χ2n) is 12.5. The van der Waals surface area contributed by atoms with Gasteiger partial charge in [0.15, 0.2) is 0 Å². The molecular formula is C33H58O3. The Balaban J connectivity index is 2.33. The van der Waals surface area contributed by atoms with Gasteiger partial charge in [0.1, 0.15) is 5.75 Å². The number of carbonyl (C=O) groups is 1. The van der Waals surface area contributed by atoms with E-state index in [0.717, 1.165) is 36.0 Å². The second-order valence-corrected chi connectivity index (χ2v) is 12.5. The molecule has 0 aliphatic heterocycles. The highest BCUT2D eigenvalue weighted by Crippen LogP contribution is 2.38. The zero-order chi connectivity index (χ0) is 27.0. The van der Waals surface area contributed by atoms with Crippen molar-refractivity contribution in [3.8, 4) is 5.75 Å². The van der Waals surface area contributed by atoms with E-state index >= 15 is 0 Å². The number of hydrogen-bond acceptors (Lipinski definition) is 2. The first kappa shape index (κ1) is 32.5. The average molecular weight is 503 g/mol. The van der Waals surface area contributed by atoms with Gasteiger partial charge >= 0.3 is 5.97 Å². The van der Waals surface area contributed by atoms with Crippen LogP contribution in [-0.4, -0.2) is 16.2 Å². The molecule has 0 aromatic heterocycles. The predicted octanol–water partition coefficient (Wildman–Crippen LogP) is 10.3. The summed E-state index contributed by atoms with van der Waals surface area (Å²) >= 11 is 0. The van der Waals surface area contributed by atoms with E-state index in [1.165, 1.54) is 83.5 Å². The summed E-state index contributed by atoms with van der Waals surface area (Å²) < 4.78 is 0. The Hall–Kier alpha value is -1.51. The number of carboxylic acid groups (broad SMARTS) is 1. The maximum Gasteiger partial charge on any atom is 0.306 e. The Morgan fingerprint density at radius 3 is 1.61 bits per heavy atom. The highest BCUT2D eigenvalue weighted by molar-refractivity contribution is 5.70. The Kier molecular flexibility index (Phi) is 16.1. The fraction of sp³-hybridized carbons (Fsp3) is 0.788.